The third-order valence-corrected chi connectivity index (χ3v) is 7.65. The number of hydrogen-bond donors (Lipinski definition) is 2. The number of nitrogens with one attached hydrogen (secondary N) is 2. The Balaban J connectivity index is 1.24. The number of hydrogen-bond acceptors (Lipinski definition) is 7. The van der Waals surface area contributed by atoms with Crippen LogP contribution >= 0.6 is 0 Å². The largest absolute Gasteiger partial charge is 0.379 e. The Morgan fingerprint density at radius 3 is 2.59 bits per heavy atom. The molecule has 39 heavy (non-hydrogen) atoms. The molecule has 0 spiro atoms. The van der Waals surface area contributed by atoms with Crippen LogP contribution in [0.25, 0.3) is 44.1 Å². The Kier molecular flexibility index (Phi) is 6.45. The van der Waals surface area contributed by atoms with Crippen molar-refractivity contribution in [3.63, 3.8) is 0 Å². The van der Waals surface area contributed by atoms with Crippen LogP contribution in [0.1, 0.15) is 10.4 Å². The van der Waals surface area contributed by atoms with E-state index < -0.39 is 0 Å². The second kappa shape index (κ2) is 10.4. The van der Waals surface area contributed by atoms with Gasteiger partial charge in [0.05, 0.1) is 67.0 Å². The van der Waals surface area contributed by atoms with Gasteiger partial charge in [-0.1, -0.05) is 24.3 Å². The van der Waals surface area contributed by atoms with E-state index in [1.54, 1.807) is 0 Å². The zero-order valence-corrected chi connectivity index (χ0v) is 21.7. The number of carbonyl (C=O) groups excluding carboxylic acids is 1. The minimum Gasteiger partial charge on any atom is -0.379 e. The third-order valence-electron chi connectivity index (χ3n) is 7.65. The number of morpholine rings is 2. The second-order valence-electron chi connectivity index (χ2n) is 10.1. The van der Waals surface area contributed by atoms with Gasteiger partial charge < -0.3 is 14.5 Å². The number of benzene rings is 2. The Bertz CT molecular complexity index is 1650. The lowest BCUT2D eigenvalue weighted by molar-refractivity contribution is 0.0127. The van der Waals surface area contributed by atoms with Crippen molar-refractivity contribution in [2.24, 2.45) is 0 Å². The zero-order chi connectivity index (χ0) is 26.2. The van der Waals surface area contributed by atoms with Crippen molar-refractivity contribution in [2.45, 2.75) is 6.54 Å². The van der Waals surface area contributed by atoms with Crippen molar-refractivity contribution in [1.29, 1.82) is 0 Å². The summed E-state index contributed by atoms with van der Waals surface area (Å²) >= 11 is 0. The van der Waals surface area contributed by atoms with Crippen LogP contribution in [0.15, 0.2) is 54.7 Å². The number of nitrogens with zero attached hydrogens (tertiary/aromatic N) is 5. The molecule has 2 N–H and O–H groups in total. The van der Waals surface area contributed by atoms with Gasteiger partial charge in [0.1, 0.15) is 0 Å². The van der Waals surface area contributed by atoms with E-state index in [0.717, 1.165) is 83.5 Å². The van der Waals surface area contributed by atoms with Crippen LogP contribution in [0.4, 0.5) is 0 Å². The molecule has 5 aromatic rings. The normalized spacial score (nSPS) is 17.3. The molecule has 5 heterocycles. The standard InChI is InChI=1S/C29H31N7O3/c37-29(33-35-11-15-39-16-12-35)23-18-25(32-27-22-3-1-2-4-24(22)31-28(23)27)20-5-6-26-21(17-20)19-30-36(26)8-7-34-9-13-38-14-10-34/h1-6,17-19,31H,7-16H2,(H,33,37). The van der Waals surface area contributed by atoms with Gasteiger partial charge in [0.25, 0.3) is 5.91 Å². The summed E-state index contributed by atoms with van der Waals surface area (Å²) < 4.78 is 13.0. The van der Waals surface area contributed by atoms with Crippen molar-refractivity contribution < 1.29 is 14.3 Å². The van der Waals surface area contributed by atoms with Crippen molar-refractivity contribution in [3.05, 3.63) is 60.3 Å². The molecule has 2 aliphatic heterocycles. The molecule has 10 nitrogen and oxygen atoms in total. The second-order valence-corrected chi connectivity index (χ2v) is 10.1. The first-order valence-corrected chi connectivity index (χ1v) is 13.5. The van der Waals surface area contributed by atoms with Gasteiger partial charge in [0, 0.05) is 54.6 Å². The van der Waals surface area contributed by atoms with Crippen LogP contribution in [0, 0.1) is 0 Å². The van der Waals surface area contributed by atoms with Gasteiger partial charge in [0.15, 0.2) is 0 Å². The summed E-state index contributed by atoms with van der Waals surface area (Å²) in [6, 6.07) is 16.2. The maximum Gasteiger partial charge on any atom is 0.267 e. The number of carbonyl (C=O) groups is 1. The third kappa shape index (κ3) is 4.76. The lowest BCUT2D eigenvalue weighted by atomic mass is 10.1. The maximum absolute atomic E-state index is 13.5. The maximum atomic E-state index is 13.5. The molecule has 10 heteroatoms. The van der Waals surface area contributed by atoms with E-state index in [1.807, 2.05) is 41.5 Å². The number of pyridine rings is 1. The first-order chi connectivity index (χ1) is 19.2. The minimum absolute atomic E-state index is 0.158. The summed E-state index contributed by atoms with van der Waals surface area (Å²) in [6.45, 7) is 7.81. The molecule has 200 valence electrons. The van der Waals surface area contributed by atoms with Crippen LogP contribution < -0.4 is 5.43 Å². The highest BCUT2D eigenvalue weighted by molar-refractivity contribution is 6.14. The van der Waals surface area contributed by atoms with Crippen molar-refractivity contribution in [3.8, 4) is 11.3 Å². The van der Waals surface area contributed by atoms with Gasteiger partial charge in [-0.25, -0.2) is 9.99 Å². The number of aromatic nitrogens is 4. The molecule has 0 bridgehead atoms. The molecule has 0 radical (unpaired) electrons. The van der Waals surface area contributed by atoms with Gasteiger partial charge in [-0.15, -0.1) is 0 Å². The average molecular weight is 526 g/mol. The van der Waals surface area contributed by atoms with Crippen molar-refractivity contribution in [1.82, 2.24) is 35.1 Å². The van der Waals surface area contributed by atoms with Gasteiger partial charge >= 0.3 is 0 Å². The molecular weight excluding hydrogens is 494 g/mol. The number of ether oxygens (including phenoxy) is 2. The smallest absolute Gasteiger partial charge is 0.267 e. The number of rotatable bonds is 6. The fourth-order valence-electron chi connectivity index (χ4n) is 5.49. The SMILES string of the molecule is O=C(NN1CCOCC1)c1cc(-c2ccc3c(cnn3CCN3CCOCC3)c2)nc2c1[nH]c1ccccc12. The lowest BCUT2D eigenvalue weighted by Crippen LogP contribution is -2.48. The molecule has 7 rings (SSSR count). The van der Waals surface area contributed by atoms with Gasteiger partial charge in [0.2, 0.25) is 0 Å². The van der Waals surface area contributed by atoms with E-state index in [9.17, 15) is 4.79 Å². The van der Waals surface area contributed by atoms with Crippen LogP contribution in [-0.4, -0.2) is 94.7 Å². The molecule has 0 unspecified atom stereocenters. The van der Waals surface area contributed by atoms with E-state index in [2.05, 4.69) is 43.3 Å². The highest BCUT2D eigenvalue weighted by atomic mass is 16.5. The molecule has 2 aromatic carbocycles. The molecule has 0 aliphatic carbocycles. The topological polar surface area (TPSA) is 101 Å². The van der Waals surface area contributed by atoms with Gasteiger partial charge in [-0.3, -0.25) is 19.8 Å². The summed E-state index contributed by atoms with van der Waals surface area (Å²) in [5.41, 5.74) is 8.90. The minimum atomic E-state index is -0.158. The number of fused-ring (bicyclic) bond motifs is 4. The molecule has 3 aromatic heterocycles. The predicted molar refractivity (Wildman–Crippen MR) is 149 cm³/mol. The van der Waals surface area contributed by atoms with Crippen LogP contribution in [0.2, 0.25) is 0 Å². The van der Waals surface area contributed by atoms with Crippen LogP contribution in [0.5, 0.6) is 0 Å². The molecule has 2 fully saturated rings. The number of hydrazine groups is 1. The average Bonchev–Trinajstić information content (AvgIpc) is 3.57. The number of para-hydroxylation sites is 1. The van der Waals surface area contributed by atoms with E-state index in [-0.39, 0.29) is 5.91 Å². The Morgan fingerprint density at radius 2 is 1.74 bits per heavy atom. The van der Waals surface area contributed by atoms with Gasteiger partial charge in [-0.2, -0.15) is 5.10 Å². The van der Waals surface area contributed by atoms with Gasteiger partial charge in [-0.05, 0) is 24.3 Å². The van der Waals surface area contributed by atoms with Crippen LogP contribution in [0.3, 0.4) is 0 Å². The Labute approximate surface area is 225 Å². The number of aromatic amines is 1. The molecule has 0 saturated carbocycles. The summed E-state index contributed by atoms with van der Waals surface area (Å²) in [7, 11) is 0. The van der Waals surface area contributed by atoms with E-state index in [4.69, 9.17) is 14.5 Å². The Hall–Kier alpha value is -3.83. The van der Waals surface area contributed by atoms with Crippen molar-refractivity contribution >= 4 is 38.7 Å². The first kappa shape index (κ1) is 24.2. The van der Waals surface area contributed by atoms with Crippen molar-refractivity contribution in [2.75, 3.05) is 59.2 Å². The summed E-state index contributed by atoms with van der Waals surface area (Å²) in [5.74, 6) is -0.158. The zero-order valence-electron chi connectivity index (χ0n) is 21.7. The molecule has 2 aliphatic rings. The van der Waals surface area contributed by atoms with Crippen LogP contribution in [-0.2, 0) is 16.0 Å². The fourth-order valence-corrected chi connectivity index (χ4v) is 5.49. The highest BCUT2D eigenvalue weighted by Crippen LogP contribution is 2.31. The molecular formula is C29H31N7O3. The lowest BCUT2D eigenvalue weighted by Gasteiger charge is -2.27. The summed E-state index contributed by atoms with van der Waals surface area (Å²) in [6.07, 6.45) is 1.91. The monoisotopic (exact) mass is 525 g/mol. The summed E-state index contributed by atoms with van der Waals surface area (Å²) in [5, 5.41) is 8.62. The molecule has 2 saturated heterocycles. The Morgan fingerprint density at radius 1 is 0.949 bits per heavy atom. The molecule has 0 atom stereocenters. The fraction of sp³-hybridized carbons (Fsp3) is 0.345. The quantitative estimate of drug-likeness (QED) is 0.352. The van der Waals surface area contributed by atoms with E-state index >= 15 is 0 Å². The highest BCUT2D eigenvalue weighted by Gasteiger charge is 2.21. The number of H-pyrrole nitrogens is 1. The summed E-state index contributed by atoms with van der Waals surface area (Å²) in [4.78, 5) is 24.4. The molecule has 1 amide bonds. The van der Waals surface area contributed by atoms with E-state index in [0.29, 0.717) is 31.9 Å². The van der Waals surface area contributed by atoms with E-state index in [1.165, 1.54) is 0 Å². The predicted octanol–water partition coefficient (Wildman–Crippen LogP) is 3.04. The number of amides is 1. The first-order valence-electron chi connectivity index (χ1n) is 13.5.